The second kappa shape index (κ2) is 12.0. The van der Waals surface area contributed by atoms with E-state index in [0.29, 0.717) is 17.1 Å². The Morgan fingerprint density at radius 2 is 1.17 bits per heavy atom. The number of rotatable bonds is 5. The van der Waals surface area contributed by atoms with E-state index in [2.05, 4.69) is 20.5 Å². The van der Waals surface area contributed by atoms with Gasteiger partial charge in [-0.2, -0.15) is 15.3 Å². The second-order valence-corrected chi connectivity index (χ2v) is 7.29. The molecule has 0 spiro atoms. The number of halogens is 1. The Morgan fingerprint density at radius 3 is 1.63 bits per heavy atom. The maximum atomic E-state index is 11.1. The van der Waals surface area contributed by atoms with Gasteiger partial charge >= 0.3 is 59.1 Å². The maximum absolute atomic E-state index is 11.1. The van der Waals surface area contributed by atoms with Crippen LogP contribution in [0.25, 0.3) is 0 Å². The van der Waals surface area contributed by atoms with Crippen molar-refractivity contribution in [1.29, 1.82) is 0 Å². The zero-order chi connectivity index (χ0) is 20.1. The van der Waals surface area contributed by atoms with E-state index in [4.69, 9.17) is 11.6 Å². The van der Waals surface area contributed by atoms with E-state index in [1.54, 1.807) is 36.4 Å². The topological polar surface area (TPSA) is 127 Å². The van der Waals surface area contributed by atoms with Crippen molar-refractivity contribution in [3.8, 4) is 5.75 Å². The third-order valence-electron chi connectivity index (χ3n) is 3.46. The zero-order valence-electron chi connectivity index (χ0n) is 16.1. The molecule has 0 aliphatic rings. The van der Waals surface area contributed by atoms with Gasteiger partial charge in [-0.05, 0) is 66.7 Å². The fourth-order valence-electron chi connectivity index (χ4n) is 2.06. The first-order valence-electron chi connectivity index (χ1n) is 7.79. The van der Waals surface area contributed by atoms with Crippen LogP contribution in [0.1, 0.15) is 0 Å². The van der Waals surface area contributed by atoms with Crippen molar-refractivity contribution in [2.75, 3.05) is 0 Å². The molecule has 3 rings (SSSR count). The summed E-state index contributed by atoms with van der Waals surface area (Å²) < 4.78 is 33.3. The van der Waals surface area contributed by atoms with E-state index < -0.39 is 15.0 Å². The van der Waals surface area contributed by atoms with Gasteiger partial charge in [0.1, 0.15) is 21.6 Å². The van der Waals surface area contributed by atoms with E-state index in [1.807, 2.05) is 0 Å². The quantitative estimate of drug-likeness (QED) is 0.320. The van der Waals surface area contributed by atoms with Gasteiger partial charge in [0.25, 0.3) is 0 Å². The summed E-state index contributed by atoms with van der Waals surface area (Å²) in [6, 6.07) is 16.3. The average molecular weight is 462 g/mol. The van der Waals surface area contributed by atoms with Crippen LogP contribution in [0.2, 0.25) is 5.02 Å². The molecule has 0 amide bonds. The largest absolute Gasteiger partial charge is 1.00 e. The first kappa shape index (κ1) is 26.9. The molecule has 12 heteroatoms. The van der Waals surface area contributed by atoms with Gasteiger partial charge in [-0.1, -0.05) is 11.6 Å². The van der Waals surface area contributed by atoms with Crippen molar-refractivity contribution in [3.63, 3.8) is 0 Å². The number of phenols is 1. The molecule has 0 bridgehead atoms. The summed E-state index contributed by atoms with van der Waals surface area (Å²) >= 11 is 5.95. The Balaban J connectivity index is 0.00000225. The van der Waals surface area contributed by atoms with Gasteiger partial charge in [0.2, 0.25) is 0 Å². The number of phenolic OH excluding ortho intramolecular Hbond substituents is 1. The molecule has 0 atom stereocenters. The third kappa shape index (κ3) is 7.84. The molecule has 0 aromatic heterocycles. The van der Waals surface area contributed by atoms with E-state index in [9.17, 15) is 18.1 Å². The van der Waals surface area contributed by atoms with Crippen LogP contribution in [0.5, 0.6) is 5.75 Å². The van der Waals surface area contributed by atoms with E-state index in [-0.39, 0.29) is 75.6 Å². The van der Waals surface area contributed by atoms with Gasteiger partial charge in [-0.15, -0.1) is 5.11 Å². The minimum Gasteiger partial charge on any atom is -0.744 e. The Bertz CT molecular complexity index is 1160. The molecular weight excluding hydrogens is 450 g/mol. The summed E-state index contributed by atoms with van der Waals surface area (Å²) in [5.41, 5.74) is 1.69. The van der Waals surface area contributed by atoms with Crippen molar-refractivity contribution < 1.29 is 77.2 Å². The van der Waals surface area contributed by atoms with Crippen molar-refractivity contribution in [2.24, 2.45) is 20.5 Å². The second-order valence-electron chi connectivity index (χ2n) is 5.50. The Morgan fingerprint density at radius 1 is 0.733 bits per heavy atom. The first-order valence-corrected chi connectivity index (χ1v) is 9.58. The molecule has 30 heavy (non-hydrogen) atoms. The van der Waals surface area contributed by atoms with Crippen LogP contribution in [0.4, 0.5) is 22.7 Å². The number of benzene rings is 3. The van der Waals surface area contributed by atoms with Crippen LogP contribution in [0, 0.1) is 0 Å². The standard InChI is InChI=1S/C18H13ClN4O4S.2Na/c19-17-10-9-16(28(25,26)27)11-18(17)23-22-13-3-1-12(2-4-13)20-21-14-5-7-15(24)8-6-14;;/h1-11,24H,(H,25,26,27);;/q;2*+1/p-1. The molecule has 0 aliphatic heterocycles. The molecule has 0 radical (unpaired) electrons. The molecule has 1 N–H and O–H groups in total. The summed E-state index contributed by atoms with van der Waals surface area (Å²) in [4.78, 5) is -0.434. The van der Waals surface area contributed by atoms with E-state index >= 15 is 0 Å². The van der Waals surface area contributed by atoms with Gasteiger partial charge in [0, 0.05) is 0 Å². The maximum Gasteiger partial charge on any atom is 1.00 e. The number of hydrogen-bond acceptors (Lipinski definition) is 8. The van der Waals surface area contributed by atoms with Crippen LogP contribution >= 0.6 is 11.6 Å². The van der Waals surface area contributed by atoms with Gasteiger partial charge in [0.05, 0.1) is 27.0 Å². The van der Waals surface area contributed by atoms with Crippen molar-refractivity contribution >= 4 is 44.5 Å². The number of aromatic hydroxyl groups is 1. The molecule has 0 saturated heterocycles. The first-order chi connectivity index (χ1) is 13.3. The molecule has 8 nitrogen and oxygen atoms in total. The normalized spacial score (nSPS) is 11.3. The molecule has 3 aromatic rings. The fraction of sp³-hybridized carbons (Fsp3) is 0. The minimum atomic E-state index is -4.61. The number of azo groups is 2. The van der Waals surface area contributed by atoms with Gasteiger partial charge in [-0.3, -0.25) is 0 Å². The summed E-state index contributed by atoms with van der Waals surface area (Å²) in [6.07, 6.45) is 0. The summed E-state index contributed by atoms with van der Waals surface area (Å²) in [5, 5.41) is 25.4. The zero-order valence-corrected chi connectivity index (χ0v) is 21.7. The smallest absolute Gasteiger partial charge is 0.744 e. The van der Waals surface area contributed by atoms with Crippen molar-refractivity contribution in [2.45, 2.75) is 4.90 Å². The molecule has 0 aliphatic carbocycles. The summed E-state index contributed by atoms with van der Waals surface area (Å²) in [7, 11) is -4.61. The predicted molar refractivity (Wildman–Crippen MR) is 102 cm³/mol. The van der Waals surface area contributed by atoms with Crippen LogP contribution in [0.3, 0.4) is 0 Å². The average Bonchev–Trinajstić information content (AvgIpc) is 2.67. The Kier molecular flexibility index (Phi) is 10.8. The third-order valence-corrected chi connectivity index (χ3v) is 4.61. The predicted octanol–water partition coefficient (Wildman–Crippen LogP) is -0.211. The minimum absolute atomic E-state index is 0. The van der Waals surface area contributed by atoms with E-state index in [0.717, 1.165) is 12.1 Å². The van der Waals surface area contributed by atoms with Gasteiger partial charge in [0.15, 0.2) is 0 Å². The number of nitrogens with zero attached hydrogens (tertiary/aromatic N) is 4. The van der Waals surface area contributed by atoms with Gasteiger partial charge in [-0.25, -0.2) is 8.42 Å². The summed E-state index contributed by atoms with van der Waals surface area (Å²) in [6.45, 7) is 0. The van der Waals surface area contributed by atoms with Crippen LogP contribution in [-0.2, 0) is 10.1 Å². The van der Waals surface area contributed by atoms with Crippen molar-refractivity contribution in [3.05, 3.63) is 71.8 Å². The van der Waals surface area contributed by atoms with Crippen LogP contribution in [-0.4, -0.2) is 18.1 Å². The van der Waals surface area contributed by atoms with Crippen LogP contribution < -0.4 is 59.1 Å². The Labute approximate surface area is 222 Å². The SMILES string of the molecule is O=S(=O)([O-])c1ccc(Cl)c(N=Nc2ccc(N=Nc3ccc(O)cc3)cc2)c1.[Na+].[Na+]. The molecule has 142 valence electrons. The van der Waals surface area contributed by atoms with E-state index in [1.165, 1.54) is 18.2 Å². The molecule has 0 heterocycles. The molecule has 3 aromatic carbocycles. The fourth-order valence-corrected chi connectivity index (χ4v) is 2.70. The molecule has 0 fully saturated rings. The number of hydrogen-bond donors (Lipinski definition) is 1. The summed E-state index contributed by atoms with van der Waals surface area (Å²) in [5.74, 6) is 0.146. The molecular formula is C18H12ClN4Na2O4S+. The monoisotopic (exact) mass is 461 g/mol. The molecule has 0 unspecified atom stereocenters. The molecule has 0 saturated carbocycles. The van der Waals surface area contributed by atoms with Gasteiger partial charge < -0.3 is 9.66 Å². The Hall–Kier alpha value is -1.14. The van der Waals surface area contributed by atoms with Crippen LogP contribution in [0.15, 0.2) is 92.1 Å². The van der Waals surface area contributed by atoms with Crippen molar-refractivity contribution in [1.82, 2.24) is 0 Å².